The standard InChI is InChI=1S/C20H19N5O/c1-13-8-14(2)25(24-13)20-7-4-16(12-23-20)11-22-19-9-17(15(3)26)5-6-18(19)10-21/h4-9,12,22H,11H2,1-3H3. The normalized spacial score (nSPS) is 10.4. The Hall–Kier alpha value is -3.46. The summed E-state index contributed by atoms with van der Waals surface area (Å²) in [5.41, 5.74) is 4.66. The first-order valence-electron chi connectivity index (χ1n) is 8.25. The lowest BCUT2D eigenvalue weighted by atomic mass is 10.1. The Kier molecular flexibility index (Phi) is 4.81. The van der Waals surface area contributed by atoms with Crippen molar-refractivity contribution in [2.75, 3.05) is 5.32 Å². The molecular formula is C20H19N5O. The minimum atomic E-state index is -0.0338. The molecule has 6 nitrogen and oxygen atoms in total. The van der Waals surface area contributed by atoms with Crippen LogP contribution in [0.5, 0.6) is 0 Å². The molecule has 0 amide bonds. The number of carbonyl (C=O) groups is 1. The molecule has 1 N–H and O–H groups in total. The van der Waals surface area contributed by atoms with Crippen LogP contribution in [0.25, 0.3) is 5.82 Å². The fraction of sp³-hybridized carbons (Fsp3) is 0.200. The average Bonchev–Trinajstić information content (AvgIpc) is 2.98. The highest BCUT2D eigenvalue weighted by atomic mass is 16.1. The van der Waals surface area contributed by atoms with Gasteiger partial charge < -0.3 is 5.32 Å². The molecule has 2 aromatic heterocycles. The van der Waals surface area contributed by atoms with Crippen molar-refractivity contribution in [1.29, 1.82) is 5.26 Å². The van der Waals surface area contributed by atoms with Crippen LogP contribution in [0.1, 0.15) is 39.8 Å². The van der Waals surface area contributed by atoms with Crippen molar-refractivity contribution in [2.24, 2.45) is 0 Å². The SMILES string of the molecule is CC(=O)c1ccc(C#N)c(NCc2ccc(-n3nc(C)cc3C)nc2)c1. The number of aryl methyl sites for hydroxylation is 2. The molecule has 0 unspecified atom stereocenters. The van der Waals surface area contributed by atoms with Gasteiger partial charge in [-0.2, -0.15) is 10.4 Å². The van der Waals surface area contributed by atoms with Crippen LogP contribution in [0.15, 0.2) is 42.6 Å². The third-order valence-electron chi connectivity index (χ3n) is 4.07. The summed E-state index contributed by atoms with van der Waals surface area (Å²) in [6.07, 6.45) is 1.78. The van der Waals surface area contributed by atoms with Crippen LogP contribution in [0, 0.1) is 25.2 Å². The molecule has 6 heteroatoms. The zero-order valence-corrected chi connectivity index (χ0v) is 14.9. The Bertz CT molecular complexity index is 996. The lowest BCUT2D eigenvalue weighted by molar-refractivity contribution is 0.101. The van der Waals surface area contributed by atoms with Gasteiger partial charge in [0.15, 0.2) is 11.6 Å². The van der Waals surface area contributed by atoms with Gasteiger partial charge in [0.25, 0.3) is 0 Å². The molecule has 26 heavy (non-hydrogen) atoms. The highest BCUT2D eigenvalue weighted by Gasteiger charge is 2.08. The van der Waals surface area contributed by atoms with Crippen LogP contribution < -0.4 is 5.32 Å². The second-order valence-corrected chi connectivity index (χ2v) is 6.15. The molecule has 0 saturated carbocycles. The van der Waals surface area contributed by atoms with E-state index in [9.17, 15) is 10.1 Å². The molecule has 130 valence electrons. The monoisotopic (exact) mass is 345 g/mol. The molecule has 0 atom stereocenters. The molecule has 1 aromatic carbocycles. The summed E-state index contributed by atoms with van der Waals surface area (Å²) in [6.45, 7) is 5.94. The molecule has 3 aromatic rings. The van der Waals surface area contributed by atoms with Crippen molar-refractivity contribution in [1.82, 2.24) is 14.8 Å². The number of rotatable bonds is 5. The number of nitrogens with one attached hydrogen (secondary N) is 1. The second-order valence-electron chi connectivity index (χ2n) is 6.15. The number of nitrogens with zero attached hydrogens (tertiary/aromatic N) is 4. The molecule has 0 spiro atoms. The highest BCUT2D eigenvalue weighted by Crippen LogP contribution is 2.19. The number of benzene rings is 1. The number of hydrogen-bond donors (Lipinski definition) is 1. The number of ketones is 1. The van der Waals surface area contributed by atoms with Gasteiger partial charge in [-0.25, -0.2) is 9.67 Å². The number of anilines is 1. The lowest BCUT2D eigenvalue weighted by Gasteiger charge is -2.10. The van der Waals surface area contributed by atoms with Gasteiger partial charge in [-0.3, -0.25) is 4.79 Å². The van der Waals surface area contributed by atoms with E-state index in [4.69, 9.17) is 0 Å². The smallest absolute Gasteiger partial charge is 0.159 e. The maximum absolute atomic E-state index is 11.5. The molecule has 0 saturated heterocycles. The average molecular weight is 345 g/mol. The van der Waals surface area contributed by atoms with E-state index in [0.717, 1.165) is 22.8 Å². The topological polar surface area (TPSA) is 83.6 Å². The van der Waals surface area contributed by atoms with E-state index in [0.29, 0.717) is 23.4 Å². The summed E-state index contributed by atoms with van der Waals surface area (Å²) in [4.78, 5) is 16.0. The molecule has 0 aliphatic heterocycles. The summed E-state index contributed by atoms with van der Waals surface area (Å²) in [7, 11) is 0. The maximum Gasteiger partial charge on any atom is 0.159 e. The first-order chi connectivity index (χ1) is 12.5. The van der Waals surface area contributed by atoms with E-state index < -0.39 is 0 Å². The third kappa shape index (κ3) is 3.62. The molecule has 0 aliphatic rings. The molecule has 0 radical (unpaired) electrons. The number of Topliss-reactive ketones (excluding diaryl/α,β-unsaturated/α-hetero) is 1. The Morgan fingerprint density at radius 2 is 2.04 bits per heavy atom. The summed E-state index contributed by atoms with van der Waals surface area (Å²) < 4.78 is 1.80. The molecule has 3 rings (SSSR count). The van der Waals surface area contributed by atoms with Crippen LogP contribution in [-0.2, 0) is 6.54 Å². The van der Waals surface area contributed by atoms with Gasteiger partial charge in [0.2, 0.25) is 0 Å². The van der Waals surface area contributed by atoms with Gasteiger partial charge in [-0.15, -0.1) is 0 Å². The first kappa shape index (κ1) is 17.4. The van der Waals surface area contributed by atoms with E-state index in [1.54, 1.807) is 29.1 Å². The van der Waals surface area contributed by atoms with E-state index in [2.05, 4.69) is 21.5 Å². The molecule has 0 bridgehead atoms. The number of carbonyl (C=O) groups excluding carboxylic acids is 1. The van der Waals surface area contributed by atoms with Gasteiger partial charge in [0.05, 0.1) is 16.9 Å². The number of nitriles is 1. The van der Waals surface area contributed by atoms with Crippen molar-refractivity contribution in [3.8, 4) is 11.9 Å². The van der Waals surface area contributed by atoms with Crippen LogP contribution in [0.4, 0.5) is 5.69 Å². The van der Waals surface area contributed by atoms with Gasteiger partial charge in [-0.1, -0.05) is 6.07 Å². The van der Waals surface area contributed by atoms with Gasteiger partial charge in [0.1, 0.15) is 6.07 Å². The van der Waals surface area contributed by atoms with Crippen LogP contribution >= 0.6 is 0 Å². The van der Waals surface area contributed by atoms with Crippen LogP contribution in [0.3, 0.4) is 0 Å². The Morgan fingerprint density at radius 1 is 1.23 bits per heavy atom. The largest absolute Gasteiger partial charge is 0.380 e. The van der Waals surface area contributed by atoms with E-state index in [-0.39, 0.29) is 5.78 Å². The number of hydrogen-bond acceptors (Lipinski definition) is 5. The van der Waals surface area contributed by atoms with E-state index >= 15 is 0 Å². The Morgan fingerprint density at radius 3 is 2.62 bits per heavy atom. The summed E-state index contributed by atoms with van der Waals surface area (Å²) in [6, 6.07) is 13.0. The van der Waals surface area contributed by atoms with E-state index in [1.807, 2.05) is 32.0 Å². The number of aromatic nitrogens is 3. The van der Waals surface area contributed by atoms with Gasteiger partial charge >= 0.3 is 0 Å². The van der Waals surface area contributed by atoms with Crippen molar-refractivity contribution < 1.29 is 4.79 Å². The van der Waals surface area contributed by atoms with Crippen LogP contribution in [-0.4, -0.2) is 20.5 Å². The third-order valence-corrected chi connectivity index (χ3v) is 4.07. The van der Waals surface area contributed by atoms with Gasteiger partial charge in [-0.05, 0) is 56.7 Å². The maximum atomic E-state index is 11.5. The molecular weight excluding hydrogens is 326 g/mol. The molecule has 0 aliphatic carbocycles. The zero-order valence-electron chi connectivity index (χ0n) is 14.9. The highest BCUT2D eigenvalue weighted by molar-refractivity contribution is 5.95. The van der Waals surface area contributed by atoms with Crippen molar-refractivity contribution in [3.05, 3.63) is 70.7 Å². The van der Waals surface area contributed by atoms with Crippen molar-refractivity contribution in [3.63, 3.8) is 0 Å². The molecule has 0 fully saturated rings. The fourth-order valence-electron chi connectivity index (χ4n) is 2.71. The van der Waals surface area contributed by atoms with E-state index in [1.165, 1.54) is 6.92 Å². The summed E-state index contributed by atoms with van der Waals surface area (Å²) in [5, 5.41) is 16.9. The van der Waals surface area contributed by atoms with Crippen molar-refractivity contribution >= 4 is 11.5 Å². The Labute approximate surface area is 152 Å². The Balaban J connectivity index is 1.76. The predicted octanol–water partition coefficient (Wildman–Crippen LogP) is 3.57. The second kappa shape index (κ2) is 7.19. The predicted molar refractivity (Wildman–Crippen MR) is 99.3 cm³/mol. The quantitative estimate of drug-likeness (QED) is 0.715. The van der Waals surface area contributed by atoms with Crippen LogP contribution in [0.2, 0.25) is 0 Å². The molecule has 2 heterocycles. The minimum Gasteiger partial charge on any atom is -0.380 e. The summed E-state index contributed by atoms with van der Waals surface area (Å²) in [5.74, 6) is 0.726. The zero-order chi connectivity index (χ0) is 18.7. The number of pyridine rings is 1. The van der Waals surface area contributed by atoms with Gasteiger partial charge in [0, 0.05) is 24.0 Å². The summed E-state index contributed by atoms with van der Waals surface area (Å²) >= 11 is 0. The van der Waals surface area contributed by atoms with Crippen molar-refractivity contribution in [2.45, 2.75) is 27.3 Å². The minimum absolute atomic E-state index is 0.0338. The first-order valence-corrected chi connectivity index (χ1v) is 8.25. The fourth-order valence-corrected chi connectivity index (χ4v) is 2.71. The lowest BCUT2D eigenvalue weighted by Crippen LogP contribution is -2.05.